The van der Waals surface area contributed by atoms with Crippen molar-refractivity contribution in [3.8, 4) is 0 Å². The number of rotatable bonds is 6. The molecule has 0 saturated carbocycles. The van der Waals surface area contributed by atoms with Gasteiger partial charge in [0.15, 0.2) is 0 Å². The molecule has 0 bridgehead atoms. The topological polar surface area (TPSA) is 21.1 Å². The molecule has 0 radical (unpaired) electrons. The van der Waals surface area contributed by atoms with Gasteiger partial charge in [0, 0.05) is 25.5 Å². The SMILES string of the molecule is CCc1nn(C)c(CN(CC)CCBr)c1Br. The monoisotopic (exact) mass is 351 g/mol. The second kappa shape index (κ2) is 6.77. The molecule has 0 N–H and O–H groups in total. The summed E-state index contributed by atoms with van der Waals surface area (Å²) in [6, 6.07) is 0. The first-order valence-corrected chi connectivity index (χ1v) is 7.54. The van der Waals surface area contributed by atoms with Crippen LogP contribution in [0.15, 0.2) is 4.47 Å². The summed E-state index contributed by atoms with van der Waals surface area (Å²) in [5.74, 6) is 0. The van der Waals surface area contributed by atoms with E-state index in [1.54, 1.807) is 0 Å². The number of halogens is 2. The molecule has 0 fully saturated rings. The molecule has 3 nitrogen and oxygen atoms in total. The van der Waals surface area contributed by atoms with E-state index in [4.69, 9.17) is 0 Å². The highest BCUT2D eigenvalue weighted by molar-refractivity contribution is 9.10. The average molecular weight is 353 g/mol. The van der Waals surface area contributed by atoms with Crippen molar-refractivity contribution in [1.29, 1.82) is 0 Å². The van der Waals surface area contributed by atoms with Gasteiger partial charge in [-0.3, -0.25) is 9.58 Å². The maximum atomic E-state index is 4.51. The van der Waals surface area contributed by atoms with Crippen LogP contribution in [0.4, 0.5) is 0 Å². The van der Waals surface area contributed by atoms with E-state index in [1.807, 2.05) is 11.7 Å². The zero-order chi connectivity index (χ0) is 12.1. The molecule has 0 unspecified atom stereocenters. The van der Waals surface area contributed by atoms with Crippen molar-refractivity contribution in [3.05, 3.63) is 15.9 Å². The van der Waals surface area contributed by atoms with Crippen molar-refractivity contribution in [1.82, 2.24) is 14.7 Å². The summed E-state index contributed by atoms with van der Waals surface area (Å²) in [4.78, 5) is 2.40. The quantitative estimate of drug-likeness (QED) is 0.734. The van der Waals surface area contributed by atoms with Gasteiger partial charge in [0.25, 0.3) is 0 Å². The second-order valence-electron chi connectivity index (χ2n) is 3.74. The van der Waals surface area contributed by atoms with Gasteiger partial charge < -0.3 is 0 Å². The summed E-state index contributed by atoms with van der Waals surface area (Å²) in [5, 5.41) is 5.52. The Morgan fingerprint density at radius 3 is 2.50 bits per heavy atom. The van der Waals surface area contributed by atoms with Gasteiger partial charge in [-0.2, -0.15) is 5.10 Å². The van der Waals surface area contributed by atoms with Crippen molar-refractivity contribution in [2.45, 2.75) is 26.8 Å². The predicted molar refractivity (Wildman–Crippen MR) is 75.0 cm³/mol. The zero-order valence-corrected chi connectivity index (χ0v) is 13.3. The van der Waals surface area contributed by atoms with Gasteiger partial charge in [-0.05, 0) is 28.9 Å². The Bertz CT molecular complexity index is 336. The largest absolute Gasteiger partial charge is 0.297 e. The van der Waals surface area contributed by atoms with Crippen LogP contribution in [-0.4, -0.2) is 33.1 Å². The highest BCUT2D eigenvalue weighted by atomic mass is 79.9. The molecule has 0 aliphatic rings. The van der Waals surface area contributed by atoms with Crippen LogP contribution in [0.5, 0.6) is 0 Å². The summed E-state index contributed by atoms with van der Waals surface area (Å²) >= 11 is 7.13. The molecule has 1 rings (SSSR count). The minimum Gasteiger partial charge on any atom is -0.297 e. The lowest BCUT2D eigenvalue weighted by molar-refractivity contribution is 0.290. The molecule has 0 saturated heterocycles. The number of alkyl halides is 1. The van der Waals surface area contributed by atoms with Gasteiger partial charge in [-0.1, -0.05) is 29.8 Å². The van der Waals surface area contributed by atoms with E-state index in [0.29, 0.717) is 0 Å². The number of nitrogens with zero attached hydrogens (tertiary/aromatic N) is 3. The molecule has 0 atom stereocenters. The molecule has 0 spiro atoms. The smallest absolute Gasteiger partial charge is 0.0767 e. The molecule has 1 aromatic rings. The highest BCUT2D eigenvalue weighted by Gasteiger charge is 2.14. The third-order valence-corrected chi connectivity index (χ3v) is 3.99. The third-order valence-electron chi connectivity index (χ3n) is 2.72. The van der Waals surface area contributed by atoms with Crippen molar-refractivity contribution in [2.75, 3.05) is 18.4 Å². The average Bonchev–Trinajstić information content (AvgIpc) is 2.55. The number of hydrogen-bond donors (Lipinski definition) is 0. The third kappa shape index (κ3) is 3.31. The van der Waals surface area contributed by atoms with E-state index in [1.165, 1.54) is 10.2 Å². The van der Waals surface area contributed by atoms with Gasteiger partial charge in [0.05, 0.1) is 15.9 Å². The first-order chi connectivity index (χ1) is 7.63. The Kier molecular flexibility index (Phi) is 6.00. The summed E-state index contributed by atoms with van der Waals surface area (Å²) in [6.45, 7) is 7.40. The highest BCUT2D eigenvalue weighted by Crippen LogP contribution is 2.22. The summed E-state index contributed by atoms with van der Waals surface area (Å²) < 4.78 is 3.16. The van der Waals surface area contributed by atoms with E-state index in [2.05, 4.69) is 55.7 Å². The Morgan fingerprint density at radius 1 is 1.38 bits per heavy atom. The minimum absolute atomic E-state index is 0.951. The van der Waals surface area contributed by atoms with Crippen LogP contribution in [-0.2, 0) is 20.0 Å². The first-order valence-electron chi connectivity index (χ1n) is 5.62. The van der Waals surface area contributed by atoms with E-state index < -0.39 is 0 Å². The maximum Gasteiger partial charge on any atom is 0.0767 e. The Balaban J connectivity index is 2.82. The molecular weight excluding hydrogens is 334 g/mol. The van der Waals surface area contributed by atoms with E-state index in [-0.39, 0.29) is 0 Å². The van der Waals surface area contributed by atoms with Crippen LogP contribution in [0, 0.1) is 0 Å². The second-order valence-corrected chi connectivity index (χ2v) is 5.33. The van der Waals surface area contributed by atoms with Crippen LogP contribution >= 0.6 is 31.9 Å². The van der Waals surface area contributed by atoms with Crippen LogP contribution in [0.3, 0.4) is 0 Å². The van der Waals surface area contributed by atoms with Crippen LogP contribution < -0.4 is 0 Å². The maximum absolute atomic E-state index is 4.51. The Hall–Kier alpha value is 0.130. The van der Waals surface area contributed by atoms with Crippen molar-refractivity contribution < 1.29 is 0 Å². The first kappa shape index (κ1) is 14.2. The van der Waals surface area contributed by atoms with E-state index in [9.17, 15) is 0 Å². The molecule has 1 heterocycles. The fourth-order valence-corrected chi connectivity index (χ4v) is 2.92. The van der Waals surface area contributed by atoms with Crippen molar-refractivity contribution in [3.63, 3.8) is 0 Å². The van der Waals surface area contributed by atoms with Crippen LogP contribution in [0.2, 0.25) is 0 Å². The van der Waals surface area contributed by atoms with Crippen LogP contribution in [0.25, 0.3) is 0 Å². The van der Waals surface area contributed by atoms with E-state index >= 15 is 0 Å². The van der Waals surface area contributed by atoms with Gasteiger partial charge in [-0.15, -0.1) is 0 Å². The molecule has 1 aromatic heterocycles. The van der Waals surface area contributed by atoms with Gasteiger partial charge >= 0.3 is 0 Å². The summed E-state index contributed by atoms with van der Waals surface area (Å²) in [6.07, 6.45) is 0.971. The van der Waals surface area contributed by atoms with Gasteiger partial charge in [0.2, 0.25) is 0 Å². The zero-order valence-electron chi connectivity index (χ0n) is 10.1. The fourth-order valence-electron chi connectivity index (χ4n) is 1.67. The Morgan fingerprint density at radius 2 is 2.06 bits per heavy atom. The summed E-state index contributed by atoms with van der Waals surface area (Å²) in [5.41, 5.74) is 2.41. The van der Waals surface area contributed by atoms with Crippen LogP contribution in [0.1, 0.15) is 25.2 Å². The predicted octanol–water partition coefficient (Wildman–Crippen LogP) is 2.96. The van der Waals surface area contributed by atoms with Crippen molar-refractivity contribution in [2.24, 2.45) is 7.05 Å². The number of aryl methyl sites for hydroxylation is 2. The molecule has 0 amide bonds. The van der Waals surface area contributed by atoms with Crippen molar-refractivity contribution >= 4 is 31.9 Å². The molecule has 16 heavy (non-hydrogen) atoms. The minimum atomic E-state index is 0.951. The molecule has 0 aromatic carbocycles. The normalized spacial score (nSPS) is 11.4. The number of aromatic nitrogens is 2. The van der Waals surface area contributed by atoms with Gasteiger partial charge in [-0.25, -0.2) is 0 Å². The number of hydrogen-bond acceptors (Lipinski definition) is 2. The Labute approximate surface area is 114 Å². The van der Waals surface area contributed by atoms with E-state index in [0.717, 1.165) is 37.1 Å². The lowest BCUT2D eigenvalue weighted by atomic mass is 10.3. The molecular formula is C11H19Br2N3. The lowest BCUT2D eigenvalue weighted by Gasteiger charge is -2.19. The lowest BCUT2D eigenvalue weighted by Crippen LogP contribution is -2.26. The standard InChI is InChI=1S/C11H19Br2N3/c1-4-9-11(13)10(15(3)14-9)8-16(5-2)7-6-12/h4-8H2,1-3H3. The summed E-state index contributed by atoms with van der Waals surface area (Å²) in [7, 11) is 2.02. The molecule has 92 valence electrons. The molecule has 5 heteroatoms. The fraction of sp³-hybridized carbons (Fsp3) is 0.727. The molecule has 0 aliphatic heterocycles. The van der Waals surface area contributed by atoms with Gasteiger partial charge in [0.1, 0.15) is 0 Å². The molecule has 0 aliphatic carbocycles.